The van der Waals surface area contributed by atoms with Crippen LogP contribution in [0.25, 0.3) is 0 Å². The van der Waals surface area contributed by atoms with Gasteiger partial charge in [0, 0.05) is 6.42 Å². The molecule has 0 aliphatic carbocycles. The van der Waals surface area contributed by atoms with Crippen molar-refractivity contribution in [2.75, 3.05) is 13.7 Å². The number of furan rings is 1. The first-order valence-corrected chi connectivity index (χ1v) is 6.75. The van der Waals surface area contributed by atoms with Crippen molar-refractivity contribution < 1.29 is 9.15 Å². The van der Waals surface area contributed by atoms with E-state index in [0.29, 0.717) is 0 Å². The second kappa shape index (κ2) is 4.78. The van der Waals surface area contributed by atoms with Crippen LogP contribution in [0.5, 0.6) is 5.75 Å². The third-order valence-corrected chi connectivity index (χ3v) is 3.64. The molecule has 3 nitrogen and oxygen atoms in total. The van der Waals surface area contributed by atoms with Gasteiger partial charge in [0.2, 0.25) is 0 Å². The van der Waals surface area contributed by atoms with Crippen LogP contribution in [0.1, 0.15) is 22.9 Å². The molecule has 94 valence electrons. The Kier molecular flexibility index (Phi) is 3.14. The number of hydrogen-bond donors (Lipinski definition) is 1. The predicted octanol–water partition coefficient (Wildman–Crippen LogP) is 3.29. The van der Waals surface area contributed by atoms with Crippen LogP contribution in [0.2, 0.25) is 0 Å². The predicted molar refractivity (Wildman–Crippen MR) is 73.0 cm³/mol. The van der Waals surface area contributed by atoms with Gasteiger partial charge in [-0.2, -0.15) is 0 Å². The maximum Gasteiger partial charge on any atom is 0.169 e. The van der Waals surface area contributed by atoms with E-state index >= 15 is 0 Å². The highest BCUT2D eigenvalue weighted by Crippen LogP contribution is 2.31. The van der Waals surface area contributed by atoms with Crippen molar-refractivity contribution in [2.45, 2.75) is 12.5 Å². The number of hydrogen-bond acceptors (Lipinski definition) is 3. The summed E-state index contributed by atoms with van der Waals surface area (Å²) in [4.78, 5) is 0. The SMILES string of the molecule is CNC(c1ccc2c(c1)CCO2)c1ccc(Br)o1. The highest BCUT2D eigenvalue weighted by molar-refractivity contribution is 9.10. The van der Waals surface area contributed by atoms with Gasteiger partial charge in [0.05, 0.1) is 12.6 Å². The summed E-state index contributed by atoms with van der Waals surface area (Å²) < 4.78 is 11.9. The fourth-order valence-corrected chi connectivity index (χ4v) is 2.66. The lowest BCUT2D eigenvalue weighted by Gasteiger charge is -2.15. The first kappa shape index (κ1) is 11.8. The van der Waals surface area contributed by atoms with E-state index in [0.717, 1.165) is 29.2 Å². The van der Waals surface area contributed by atoms with Crippen molar-refractivity contribution in [1.82, 2.24) is 5.32 Å². The molecular formula is C14H14BrNO2. The molecule has 1 N–H and O–H groups in total. The van der Waals surface area contributed by atoms with Crippen LogP contribution in [-0.2, 0) is 6.42 Å². The zero-order chi connectivity index (χ0) is 12.5. The second-order valence-electron chi connectivity index (χ2n) is 4.33. The summed E-state index contributed by atoms with van der Waals surface area (Å²) in [5.74, 6) is 1.91. The van der Waals surface area contributed by atoms with Crippen molar-refractivity contribution in [3.8, 4) is 5.75 Å². The monoisotopic (exact) mass is 307 g/mol. The molecule has 0 fully saturated rings. The minimum atomic E-state index is 0.0715. The van der Waals surface area contributed by atoms with Crippen LogP contribution in [0.3, 0.4) is 0 Å². The fraction of sp³-hybridized carbons (Fsp3) is 0.286. The molecule has 1 aromatic heterocycles. The molecule has 1 aromatic carbocycles. The minimum Gasteiger partial charge on any atom is -0.493 e. The van der Waals surface area contributed by atoms with Crippen molar-refractivity contribution in [2.24, 2.45) is 0 Å². The van der Waals surface area contributed by atoms with E-state index in [9.17, 15) is 0 Å². The molecule has 1 unspecified atom stereocenters. The molecule has 1 atom stereocenters. The van der Waals surface area contributed by atoms with Crippen molar-refractivity contribution >= 4 is 15.9 Å². The molecule has 1 aliphatic heterocycles. The van der Waals surface area contributed by atoms with E-state index in [1.165, 1.54) is 11.1 Å². The normalized spacial score (nSPS) is 15.2. The number of fused-ring (bicyclic) bond motifs is 1. The van der Waals surface area contributed by atoms with Gasteiger partial charge in [0.25, 0.3) is 0 Å². The van der Waals surface area contributed by atoms with Crippen molar-refractivity contribution in [1.29, 1.82) is 0 Å². The van der Waals surface area contributed by atoms with Crippen LogP contribution in [-0.4, -0.2) is 13.7 Å². The van der Waals surface area contributed by atoms with Gasteiger partial charge in [-0.05, 0) is 58.4 Å². The molecular weight excluding hydrogens is 294 g/mol. The molecule has 2 aromatic rings. The molecule has 3 rings (SSSR count). The van der Waals surface area contributed by atoms with Gasteiger partial charge >= 0.3 is 0 Å². The zero-order valence-corrected chi connectivity index (χ0v) is 11.7. The maximum atomic E-state index is 5.63. The molecule has 0 bridgehead atoms. The highest BCUT2D eigenvalue weighted by atomic mass is 79.9. The Hall–Kier alpha value is -1.26. The summed E-state index contributed by atoms with van der Waals surface area (Å²) in [6.07, 6.45) is 0.988. The summed E-state index contributed by atoms with van der Waals surface area (Å²) in [6, 6.07) is 10.3. The van der Waals surface area contributed by atoms with E-state index in [2.05, 4.69) is 33.4 Å². The number of halogens is 1. The Balaban J connectivity index is 1.96. The van der Waals surface area contributed by atoms with Gasteiger partial charge in [-0.3, -0.25) is 0 Å². The number of benzene rings is 1. The third-order valence-electron chi connectivity index (χ3n) is 3.21. The van der Waals surface area contributed by atoms with Gasteiger partial charge < -0.3 is 14.5 Å². The van der Waals surface area contributed by atoms with E-state index in [1.807, 2.05) is 25.2 Å². The molecule has 0 spiro atoms. The van der Waals surface area contributed by atoms with E-state index < -0.39 is 0 Å². The lowest BCUT2D eigenvalue weighted by Crippen LogP contribution is -2.17. The molecule has 18 heavy (non-hydrogen) atoms. The van der Waals surface area contributed by atoms with Gasteiger partial charge in [-0.15, -0.1) is 0 Å². The molecule has 1 aliphatic rings. The largest absolute Gasteiger partial charge is 0.493 e. The highest BCUT2D eigenvalue weighted by Gasteiger charge is 2.19. The maximum absolute atomic E-state index is 5.63. The summed E-state index contributed by atoms with van der Waals surface area (Å²) >= 11 is 3.34. The fourth-order valence-electron chi connectivity index (χ4n) is 2.34. The van der Waals surface area contributed by atoms with Gasteiger partial charge in [-0.25, -0.2) is 0 Å². The molecule has 0 saturated carbocycles. The average Bonchev–Trinajstić information content (AvgIpc) is 2.99. The molecule has 4 heteroatoms. The lowest BCUT2D eigenvalue weighted by molar-refractivity contribution is 0.356. The molecule has 0 radical (unpaired) electrons. The third kappa shape index (κ3) is 2.06. The molecule has 0 saturated heterocycles. The van der Waals surface area contributed by atoms with Gasteiger partial charge in [0.1, 0.15) is 11.5 Å². The topological polar surface area (TPSA) is 34.4 Å². The number of nitrogens with one attached hydrogen (secondary N) is 1. The summed E-state index contributed by atoms with van der Waals surface area (Å²) in [5, 5.41) is 3.28. The Bertz CT molecular complexity index is 565. The minimum absolute atomic E-state index is 0.0715. The quantitative estimate of drug-likeness (QED) is 0.945. The Morgan fingerprint density at radius 3 is 2.89 bits per heavy atom. The van der Waals surface area contributed by atoms with Gasteiger partial charge in [-0.1, -0.05) is 6.07 Å². The summed E-state index contributed by atoms with van der Waals surface area (Å²) in [6.45, 7) is 0.787. The standard InChI is InChI=1S/C14H14BrNO2/c1-16-14(12-4-5-13(15)18-12)10-2-3-11-9(8-10)6-7-17-11/h2-5,8,14,16H,6-7H2,1H3. The van der Waals surface area contributed by atoms with Crippen LogP contribution in [0.15, 0.2) is 39.4 Å². The van der Waals surface area contributed by atoms with E-state index in [4.69, 9.17) is 9.15 Å². The van der Waals surface area contributed by atoms with Gasteiger partial charge in [0.15, 0.2) is 4.67 Å². The van der Waals surface area contributed by atoms with Crippen molar-refractivity contribution in [3.05, 3.63) is 51.9 Å². The Morgan fingerprint density at radius 2 is 2.17 bits per heavy atom. The average molecular weight is 308 g/mol. The smallest absolute Gasteiger partial charge is 0.169 e. The van der Waals surface area contributed by atoms with Crippen LogP contribution in [0, 0.1) is 0 Å². The Morgan fingerprint density at radius 1 is 1.28 bits per heavy atom. The van der Waals surface area contributed by atoms with E-state index in [1.54, 1.807) is 0 Å². The van der Waals surface area contributed by atoms with Crippen molar-refractivity contribution in [3.63, 3.8) is 0 Å². The summed E-state index contributed by atoms with van der Waals surface area (Å²) in [5.41, 5.74) is 2.47. The molecule has 2 heterocycles. The zero-order valence-electron chi connectivity index (χ0n) is 10.1. The first-order chi connectivity index (χ1) is 8.78. The van der Waals surface area contributed by atoms with Crippen LogP contribution in [0.4, 0.5) is 0 Å². The second-order valence-corrected chi connectivity index (χ2v) is 5.11. The van der Waals surface area contributed by atoms with Crippen LogP contribution < -0.4 is 10.1 Å². The van der Waals surface area contributed by atoms with Crippen LogP contribution >= 0.6 is 15.9 Å². The number of rotatable bonds is 3. The molecule has 0 amide bonds. The van der Waals surface area contributed by atoms with E-state index in [-0.39, 0.29) is 6.04 Å². The first-order valence-electron chi connectivity index (χ1n) is 5.96. The Labute approximate surface area is 114 Å². The lowest BCUT2D eigenvalue weighted by atomic mass is 10.0. The summed E-state index contributed by atoms with van der Waals surface area (Å²) in [7, 11) is 1.94. The number of ether oxygens (including phenoxy) is 1.